The fourth-order valence-corrected chi connectivity index (χ4v) is 3.81. The molecule has 2 aromatic heterocycles. The molecule has 0 saturated heterocycles. The molecule has 1 aromatic carbocycles. The van der Waals surface area contributed by atoms with E-state index in [0.29, 0.717) is 23.7 Å². The molecular weight excluding hydrogens is 380 g/mol. The van der Waals surface area contributed by atoms with Crippen molar-refractivity contribution in [3.63, 3.8) is 0 Å². The summed E-state index contributed by atoms with van der Waals surface area (Å²) in [6.07, 6.45) is 6.42. The molecule has 1 saturated carbocycles. The van der Waals surface area contributed by atoms with Gasteiger partial charge in [0.1, 0.15) is 0 Å². The Morgan fingerprint density at radius 1 is 1.10 bits per heavy atom. The summed E-state index contributed by atoms with van der Waals surface area (Å²) in [6, 6.07) is 14.6. The molecule has 0 aliphatic heterocycles. The minimum Gasteiger partial charge on any atom is -0.465 e. The Balaban J connectivity index is 1.49. The summed E-state index contributed by atoms with van der Waals surface area (Å²) in [5.74, 6) is -0.650. The highest BCUT2D eigenvalue weighted by atomic mass is 16.5. The van der Waals surface area contributed by atoms with Crippen LogP contribution in [-0.2, 0) is 11.3 Å². The molecule has 7 heteroatoms. The first-order valence-electron chi connectivity index (χ1n) is 10.1. The third-order valence-electron chi connectivity index (χ3n) is 5.38. The number of ether oxygens (including phenoxy) is 1. The van der Waals surface area contributed by atoms with Crippen molar-refractivity contribution < 1.29 is 14.3 Å². The maximum atomic E-state index is 12.5. The second-order valence-corrected chi connectivity index (χ2v) is 7.37. The summed E-state index contributed by atoms with van der Waals surface area (Å²) in [4.78, 5) is 28.5. The highest BCUT2D eigenvalue weighted by Gasteiger charge is 2.22. The summed E-state index contributed by atoms with van der Waals surface area (Å²) in [6.45, 7) is 0.317. The largest absolute Gasteiger partial charge is 0.465 e. The standard InChI is InChI=1S/C23H24N4O3/c1-30-23(29)17-11-9-16(10-12-17)22(28)25-15-18-14-21(20-8-4-5-13-24-20)27(26-18)19-6-2-3-7-19/h4-5,8-14,19H,2-3,6-7,15H2,1H3,(H,25,28). The van der Waals surface area contributed by atoms with Crippen molar-refractivity contribution in [2.45, 2.75) is 38.3 Å². The van der Waals surface area contributed by atoms with Gasteiger partial charge in [0, 0.05) is 11.8 Å². The number of benzene rings is 1. The van der Waals surface area contributed by atoms with Crippen LogP contribution in [0.2, 0.25) is 0 Å². The maximum Gasteiger partial charge on any atom is 0.337 e. The normalized spacial score (nSPS) is 13.9. The van der Waals surface area contributed by atoms with Crippen LogP contribution in [0.1, 0.15) is 58.1 Å². The summed E-state index contributed by atoms with van der Waals surface area (Å²) in [7, 11) is 1.33. The van der Waals surface area contributed by atoms with Crippen LogP contribution in [-0.4, -0.2) is 33.8 Å². The molecule has 154 valence electrons. The number of nitrogens with zero attached hydrogens (tertiary/aromatic N) is 3. The molecule has 7 nitrogen and oxygen atoms in total. The van der Waals surface area contributed by atoms with E-state index in [4.69, 9.17) is 5.10 Å². The molecule has 3 aromatic rings. The number of carbonyl (C=O) groups is 2. The highest BCUT2D eigenvalue weighted by molar-refractivity contribution is 5.96. The predicted molar refractivity (Wildman–Crippen MR) is 112 cm³/mol. The number of pyridine rings is 1. The first-order valence-corrected chi connectivity index (χ1v) is 10.1. The van der Waals surface area contributed by atoms with Crippen molar-refractivity contribution in [2.24, 2.45) is 0 Å². The second-order valence-electron chi connectivity index (χ2n) is 7.37. The van der Waals surface area contributed by atoms with E-state index in [9.17, 15) is 9.59 Å². The fraction of sp³-hybridized carbons (Fsp3) is 0.304. The molecule has 0 spiro atoms. The van der Waals surface area contributed by atoms with Gasteiger partial charge in [-0.3, -0.25) is 14.5 Å². The fourth-order valence-electron chi connectivity index (χ4n) is 3.81. The average Bonchev–Trinajstić information content (AvgIpc) is 3.47. The van der Waals surface area contributed by atoms with Gasteiger partial charge in [0.25, 0.3) is 5.91 Å². The Bertz CT molecular complexity index is 1020. The SMILES string of the molecule is COC(=O)c1ccc(C(=O)NCc2cc(-c3ccccn3)n(C3CCCC3)n2)cc1. The quantitative estimate of drug-likeness (QED) is 0.632. The maximum absolute atomic E-state index is 12.5. The van der Waals surface area contributed by atoms with Gasteiger partial charge in [0.15, 0.2) is 0 Å². The van der Waals surface area contributed by atoms with Gasteiger partial charge in [-0.2, -0.15) is 5.10 Å². The van der Waals surface area contributed by atoms with E-state index in [2.05, 4.69) is 19.7 Å². The Hall–Kier alpha value is -3.48. The number of methoxy groups -OCH3 is 1. The van der Waals surface area contributed by atoms with E-state index in [-0.39, 0.29) is 5.91 Å². The van der Waals surface area contributed by atoms with Crippen molar-refractivity contribution in [1.29, 1.82) is 0 Å². The van der Waals surface area contributed by atoms with E-state index in [1.54, 1.807) is 30.5 Å². The van der Waals surface area contributed by atoms with Crippen LogP contribution in [0.4, 0.5) is 0 Å². The zero-order valence-electron chi connectivity index (χ0n) is 16.9. The molecule has 4 rings (SSSR count). The van der Waals surface area contributed by atoms with Crippen LogP contribution in [0.15, 0.2) is 54.7 Å². The van der Waals surface area contributed by atoms with Crippen LogP contribution < -0.4 is 5.32 Å². The van der Waals surface area contributed by atoms with E-state index < -0.39 is 5.97 Å². The number of esters is 1. The Morgan fingerprint density at radius 2 is 1.83 bits per heavy atom. The molecule has 1 N–H and O–H groups in total. The third-order valence-corrected chi connectivity index (χ3v) is 5.38. The number of amides is 1. The van der Waals surface area contributed by atoms with Gasteiger partial charge in [-0.15, -0.1) is 0 Å². The lowest BCUT2D eigenvalue weighted by Crippen LogP contribution is -2.23. The number of aromatic nitrogens is 3. The van der Waals surface area contributed by atoms with Crippen molar-refractivity contribution in [2.75, 3.05) is 7.11 Å². The second kappa shape index (κ2) is 8.90. The van der Waals surface area contributed by atoms with Gasteiger partial charge in [0.05, 0.1) is 42.3 Å². The van der Waals surface area contributed by atoms with Crippen molar-refractivity contribution in [3.8, 4) is 11.4 Å². The van der Waals surface area contributed by atoms with E-state index >= 15 is 0 Å². The van der Waals surface area contributed by atoms with Crippen LogP contribution in [0.5, 0.6) is 0 Å². The summed E-state index contributed by atoms with van der Waals surface area (Å²) in [5.41, 5.74) is 3.54. The predicted octanol–water partition coefficient (Wildman–Crippen LogP) is 3.78. The average molecular weight is 404 g/mol. The number of hydrogen-bond donors (Lipinski definition) is 1. The smallest absolute Gasteiger partial charge is 0.337 e. The lowest BCUT2D eigenvalue weighted by atomic mass is 10.1. The lowest BCUT2D eigenvalue weighted by molar-refractivity contribution is 0.0600. The molecule has 2 heterocycles. The monoisotopic (exact) mass is 404 g/mol. The Kier molecular flexibility index (Phi) is 5.88. The van der Waals surface area contributed by atoms with Crippen LogP contribution >= 0.6 is 0 Å². The molecule has 0 bridgehead atoms. The molecule has 0 atom stereocenters. The van der Waals surface area contributed by atoms with Crippen LogP contribution in [0, 0.1) is 0 Å². The summed E-state index contributed by atoms with van der Waals surface area (Å²) in [5, 5.41) is 7.69. The van der Waals surface area contributed by atoms with Gasteiger partial charge >= 0.3 is 5.97 Å². The molecule has 0 unspecified atom stereocenters. The first-order chi connectivity index (χ1) is 14.7. The zero-order chi connectivity index (χ0) is 20.9. The topological polar surface area (TPSA) is 86.1 Å². The van der Waals surface area contributed by atoms with Gasteiger partial charge in [-0.05, 0) is 55.3 Å². The Morgan fingerprint density at radius 3 is 2.50 bits per heavy atom. The molecule has 30 heavy (non-hydrogen) atoms. The van der Waals surface area contributed by atoms with Crippen molar-refractivity contribution >= 4 is 11.9 Å². The number of hydrogen-bond acceptors (Lipinski definition) is 5. The zero-order valence-corrected chi connectivity index (χ0v) is 16.9. The van der Waals surface area contributed by atoms with Crippen molar-refractivity contribution in [3.05, 3.63) is 71.5 Å². The van der Waals surface area contributed by atoms with Crippen LogP contribution in [0.25, 0.3) is 11.4 Å². The minimum atomic E-state index is -0.429. The third kappa shape index (κ3) is 4.25. The van der Waals surface area contributed by atoms with E-state index in [0.717, 1.165) is 29.9 Å². The highest BCUT2D eigenvalue weighted by Crippen LogP contribution is 2.33. The van der Waals surface area contributed by atoms with E-state index in [1.807, 2.05) is 24.3 Å². The van der Waals surface area contributed by atoms with Gasteiger partial charge < -0.3 is 10.1 Å². The first kappa shape index (κ1) is 19.8. The van der Waals surface area contributed by atoms with Crippen LogP contribution in [0.3, 0.4) is 0 Å². The van der Waals surface area contributed by atoms with E-state index in [1.165, 1.54) is 20.0 Å². The molecule has 0 radical (unpaired) electrons. The summed E-state index contributed by atoms with van der Waals surface area (Å²) >= 11 is 0. The molecule has 1 aliphatic rings. The van der Waals surface area contributed by atoms with Gasteiger partial charge in [-0.25, -0.2) is 4.79 Å². The number of carbonyl (C=O) groups excluding carboxylic acids is 2. The summed E-state index contributed by atoms with van der Waals surface area (Å²) < 4.78 is 6.75. The Labute approximate surface area is 175 Å². The molecule has 1 fully saturated rings. The molecule has 1 aliphatic carbocycles. The van der Waals surface area contributed by atoms with Gasteiger partial charge in [0.2, 0.25) is 0 Å². The molecule has 1 amide bonds. The number of nitrogens with one attached hydrogen (secondary N) is 1. The van der Waals surface area contributed by atoms with Crippen molar-refractivity contribution in [1.82, 2.24) is 20.1 Å². The number of rotatable bonds is 6. The molecular formula is C23H24N4O3. The minimum absolute atomic E-state index is 0.221. The van der Waals surface area contributed by atoms with Gasteiger partial charge in [-0.1, -0.05) is 18.9 Å². The lowest BCUT2D eigenvalue weighted by Gasteiger charge is -2.13.